The van der Waals surface area contributed by atoms with Gasteiger partial charge in [-0.1, -0.05) is 18.2 Å². The lowest BCUT2D eigenvalue weighted by molar-refractivity contribution is 0.413. The number of nitrogens with zero attached hydrogens (tertiary/aromatic N) is 2. The van der Waals surface area contributed by atoms with Gasteiger partial charge in [-0.15, -0.1) is 0 Å². The van der Waals surface area contributed by atoms with E-state index < -0.39 is 10.0 Å². The smallest absolute Gasteiger partial charge is 0.269 e. The highest BCUT2D eigenvalue weighted by atomic mass is 32.2. The summed E-state index contributed by atoms with van der Waals surface area (Å²) in [6.07, 6.45) is 0.779. The van der Waals surface area contributed by atoms with Crippen LogP contribution in [0.2, 0.25) is 0 Å². The van der Waals surface area contributed by atoms with Gasteiger partial charge in [-0.3, -0.25) is 0 Å². The van der Waals surface area contributed by atoms with Gasteiger partial charge >= 0.3 is 0 Å². The standard InChI is InChI=1S/C20H22N2O3S/c1-13-15(9-10-21(2)3)17-11-14(25-4)12-18-16-7-5-6-8-19(16)26(23,24)22(13)20(17)18/h5-8,11-12H,9-10H2,1-4H3. The number of hydrogen-bond acceptors (Lipinski definition) is 4. The molecule has 0 unspecified atom stereocenters. The average molecular weight is 370 g/mol. The lowest BCUT2D eigenvalue weighted by Crippen LogP contribution is -2.19. The predicted octanol–water partition coefficient (Wildman–Crippen LogP) is 3.28. The molecule has 0 amide bonds. The van der Waals surface area contributed by atoms with Gasteiger partial charge in [-0.2, -0.15) is 0 Å². The minimum absolute atomic E-state index is 0.347. The number of likely N-dealkylation sites (N-methyl/N-ethyl adjacent to an activating group) is 1. The van der Waals surface area contributed by atoms with Gasteiger partial charge in [0.15, 0.2) is 0 Å². The van der Waals surface area contributed by atoms with Crippen molar-refractivity contribution < 1.29 is 13.2 Å². The van der Waals surface area contributed by atoms with Crippen LogP contribution in [0.4, 0.5) is 0 Å². The summed E-state index contributed by atoms with van der Waals surface area (Å²) in [6, 6.07) is 11.1. The number of fused-ring (bicyclic) bond motifs is 2. The van der Waals surface area contributed by atoms with Crippen LogP contribution in [0.1, 0.15) is 11.3 Å². The maximum atomic E-state index is 13.3. The van der Waals surface area contributed by atoms with Gasteiger partial charge in [0, 0.05) is 28.8 Å². The summed E-state index contributed by atoms with van der Waals surface area (Å²) >= 11 is 0. The second-order valence-electron chi connectivity index (χ2n) is 6.95. The third kappa shape index (κ3) is 2.29. The van der Waals surface area contributed by atoms with Crippen LogP contribution >= 0.6 is 0 Å². The van der Waals surface area contributed by atoms with E-state index in [1.807, 2.05) is 45.3 Å². The van der Waals surface area contributed by atoms with Crippen molar-refractivity contribution in [3.8, 4) is 16.9 Å². The van der Waals surface area contributed by atoms with Crippen molar-refractivity contribution in [2.24, 2.45) is 0 Å². The first kappa shape index (κ1) is 17.1. The zero-order chi connectivity index (χ0) is 18.6. The topological polar surface area (TPSA) is 51.5 Å². The van der Waals surface area contributed by atoms with E-state index in [9.17, 15) is 8.42 Å². The van der Waals surface area contributed by atoms with E-state index in [2.05, 4.69) is 4.90 Å². The molecule has 1 aliphatic heterocycles. The minimum atomic E-state index is -3.61. The molecule has 4 rings (SSSR count). The summed E-state index contributed by atoms with van der Waals surface area (Å²) in [5.74, 6) is 0.741. The number of ether oxygens (including phenoxy) is 1. The van der Waals surface area contributed by atoms with Gasteiger partial charge in [0.25, 0.3) is 10.0 Å². The van der Waals surface area contributed by atoms with Crippen LogP contribution in [-0.4, -0.2) is 45.0 Å². The Hall–Kier alpha value is -2.31. The summed E-state index contributed by atoms with van der Waals surface area (Å²) in [6.45, 7) is 2.74. The molecule has 0 bridgehead atoms. The molecule has 136 valence electrons. The van der Waals surface area contributed by atoms with Crippen LogP contribution in [0.3, 0.4) is 0 Å². The summed E-state index contributed by atoms with van der Waals surface area (Å²) < 4.78 is 33.7. The Labute approximate surface area is 153 Å². The van der Waals surface area contributed by atoms with Crippen molar-refractivity contribution in [2.75, 3.05) is 27.7 Å². The number of aromatic nitrogens is 1. The molecule has 3 aromatic rings. The summed E-state index contributed by atoms with van der Waals surface area (Å²) in [5, 5.41) is 0.955. The van der Waals surface area contributed by atoms with Crippen molar-refractivity contribution in [1.82, 2.24) is 8.87 Å². The van der Waals surface area contributed by atoms with Crippen LogP contribution in [0.5, 0.6) is 5.75 Å². The second kappa shape index (κ2) is 5.86. The molecule has 0 fully saturated rings. The Morgan fingerprint density at radius 3 is 2.54 bits per heavy atom. The predicted molar refractivity (Wildman–Crippen MR) is 104 cm³/mol. The van der Waals surface area contributed by atoms with Gasteiger partial charge in [0.05, 0.1) is 17.5 Å². The average Bonchev–Trinajstić information content (AvgIpc) is 2.90. The molecule has 0 N–H and O–H groups in total. The summed E-state index contributed by atoms with van der Waals surface area (Å²) in [5.41, 5.74) is 4.25. The molecule has 0 atom stereocenters. The van der Waals surface area contributed by atoms with Gasteiger partial charge in [0.2, 0.25) is 0 Å². The zero-order valence-corrected chi connectivity index (χ0v) is 16.2. The highest BCUT2D eigenvalue weighted by Gasteiger charge is 2.33. The zero-order valence-electron chi connectivity index (χ0n) is 15.4. The fraction of sp³-hybridized carbons (Fsp3) is 0.300. The van der Waals surface area contributed by atoms with Crippen LogP contribution in [-0.2, 0) is 16.4 Å². The van der Waals surface area contributed by atoms with Crippen LogP contribution in [0.15, 0.2) is 41.3 Å². The molecular formula is C20H22N2O3S. The second-order valence-corrected chi connectivity index (χ2v) is 8.71. The Kier molecular flexibility index (Phi) is 3.86. The van der Waals surface area contributed by atoms with E-state index in [4.69, 9.17) is 4.74 Å². The van der Waals surface area contributed by atoms with Crippen molar-refractivity contribution in [2.45, 2.75) is 18.2 Å². The number of methoxy groups -OCH3 is 1. The Morgan fingerprint density at radius 2 is 1.85 bits per heavy atom. The molecular weight excluding hydrogens is 348 g/mol. The highest BCUT2D eigenvalue weighted by Crippen LogP contribution is 2.45. The van der Waals surface area contributed by atoms with Crippen molar-refractivity contribution in [1.29, 1.82) is 0 Å². The van der Waals surface area contributed by atoms with E-state index in [0.717, 1.165) is 52.0 Å². The molecule has 0 aliphatic carbocycles. The molecule has 0 saturated heterocycles. The summed E-state index contributed by atoms with van der Waals surface area (Å²) in [4.78, 5) is 2.45. The molecule has 0 radical (unpaired) electrons. The molecule has 1 aromatic heterocycles. The Bertz CT molecular complexity index is 1130. The lowest BCUT2D eigenvalue weighted by atomic mass is 9.99. The molecule has 26 heavy (non-hydrogen) atoms. The third-order valence-corrected chi connectivity index (χ3v) is 6.94. The first-order chi connectivity index (χ1) is 12.4. The van der Waals surface area contributed by atoms with E-state index in [-0.39, 0.29) is 0 Å². The largest absolute Gasteiger partial charge is 0.497 e. The fourth-order valence-electron chi connectivity index (χ4n) is 3.83. The minimum Gasteiger partial charge on any atom is -0.497 e. The van der Waals surface area contributed by atoms with E-state index in [0.29, 0.717) is 4.90 Å². The quantitative estimate of drug-likeness (QED) is 0.553. The Morgan fingerprint density at radius 1 is 1.12 bits per heavy atom. The van der Waals surface area contributed by atoms with Gasteiger partial charge < -0.3 is 9.64 Å². The van der Waals surface area contributed by atoms with Crippen LogP contribution in [0, 0.1) is 6.92 Å². The molecule has 0 spiro atoms. The van der Waals surface area contributed by atoms with E-state index in [1.165, 1.54) is 3.97 Å². The SMILES string of the molecule is COc1cc2c3c(c1)c(CCN(C)C)c(C)n3S(=O)(=O)c1ccccc1-2. The number of benzene rings is 2. The van der Waals surface area contributed by atoms with Crippen molar-refractivity contribution in [3.63, 3.8) is 0 Å². The van der Waals surface area contributed by atoms with Gasteiger partial charge in [-0.25, -0.2) is 12.4 Å². The monoisotopic (exact) mass is 370 g/mol. The van der Waals surface area contributed by atoms with E-state index >= 15 is 0 Å². The van der Waals surface area contributed by atoms with Crippen LogP contribution in [0.25, 0.3) is 22.0 Å². The molecule has 0 saturated carbocycles. The van der Waals surface area contributed by atoms with Crippen molar-refractivity contribution >= 4 is 20.9 Å². The lowest BCUT2D eigenvalue weighted by Gasteiger charge is -2.21. The number of hydrogen-bond donors (Lipinski definition) is 0. The number of rotatable bonds is 4. The normalized spacial score (nSPS) is 14.7. The molecule has 2 heterocycles. The molecule has 1 aliphatic rings. The first-order valence-corrected chi connectivity index (χ1v) is 10.0. The third-order valence-electron chi connectivity index (χ3n) is 5.09. The summed E-state index contributed by atoms with van der Waals surface area (Å²) in [7, 11) is 2.07. The van der Waals surface area contributed by atoms with Crippen molar-refractivity contribution in [3.05, 3.63) is 47.7 Å². The van der Waals surface area contributed by atoms with Gasteiger partial charge in [-0.05, 0) is 51.2 Å². The molecule has 6 heteroatoms. The highest BCUT2D eigenvalue weighted by molar-refractivity contribution is 7.90. The van der Waals surface area contributed by atoms with E-state index in [1.54, 1.807) is 19.2 Å². The Balaban J connectivity index is 2.14. The first-order valence-electron chi connectivity index (χ1n) is 8.58. The van der Waals surface area contributed by atoms with Crippen LogP contribution < -0.4 is 4.74 Å². The van der Waals surface area contributed by atoms with Gasteiger partial charge in [0.1, 0.15) is 5.75 Å². The maximum absolute atomic E-state index is 13.3. The maximum Gasteiger partial charge on any atom is 0.269 e. The fourth-order valence-corrected chi connectivity index (χ4v) is 5.64. The molecule has 2 aromatic carbocycles. The molecule has 5 nitrogen and oxygen atoms in total.